The van der Waals surface area contributed by atoms with Gasteiger partial charge in [-0.3, -0.25) is 14.4 Å². The predicted octanol–water partition coefficient (Wildman–Crippen LogP) is 21.7. The number of carbonyl (C=O) groups is 3. The molecule has 0 amide bonds. The minimum atomic E-state index is -0.851. The van der Waals surface area contributed by atoms with Crippen molar-refractivity contribution >= 4 is 17.9 Å². The summed E-state index contributed by atoms with van der Waals surface area (Å²) in [5.74, 6) is -1.09. The summed E-state index contributed by atoms with van der Waals surface area (Å²) in [5.41, 5.74) is 0. The van der Waals surface area contributed by atoms with Crippen LogP contribution in [0, 0.1) is 0 Å². The van der Waals surface area contributed by atoms with E-state index in [0.717, 1.165) is 122 Å². The van der Waals surface area contributed by atoms with Gasteiger partial charge in [-0.05, 0) is 122 Å². The fraction of sp³-hybridized carbons (Fsp3) is 0.548. The Labute approximate surface area is 484 Å². The molecule has 6 heteroatoms. The fourth-order valence-electron chi connectivity index (χ4n) is 7.82. The summed E-state index contributed by atoms with van der Waals surface area (Å²) in [6.07, 6.45) is 97.7. The van der Waals surface area contributed by atoms with Crippen molar-refractivity contribution in [1.82, 2.24) is 0 Å². The maximum absolute atomic E-state index is 12.9. The SMILES string of the molecule is CC/C=C\C/C=C\C/C=C\C/C=C\C/C=C\C/C=C\C/C=C\C/C=C\C/C=C\CCCC(=O)OCC(COC(=O)CCCCCCCCCCCCCCC)OC(=O)CC/C=C\C/C=C\C/C=C\C/C=C\C/C=C\C/C=C\CC. The van der Waals surface area contributed by atoms with Crippen molar-refractivity contribution in [2.45, 2.75) is 245 Å². The average molecular weight is 1090 g/mol. The molecule has 0 fully saturated rings. The van der Waals surface area contributed by atoms with Gasteiger partial charge in [0.15, 0.2) is 6.10 Å². The Morgan fingerprint density at radius 2 is 0.519 bits per heavy atom. The average Bonchev–Trinajstić information content (AvgIpc) is 3.45. The molecule has 0 bridgehead atoms. The quantitative estimate of drug-likeness (QED) is 0.0261. The zero-order chi connectivity index (χ0) is 57.1. The Bertz CT molecular complexity index is 1870. The van der Waals surface area contributed by atoms with Crippen LogP contribution < -0.4 is 0 Å². The molecule has 0 aromatic carbocycles. The maximum Gasteiger partial charge on any atom is 0.306 e. The third-order valence-corrected chi connectivity index (χ3v) is 12.4. The van der Waals surface area contributed by atoms with Gasteiger partial charge in [0.05, 0.1) is 0 Å². The van der Waals surface area contributed by atoms with Crippen LogP contribution in [-0.4, -0.2) is 37.2 Å². The van der Waals surface area contributed by atoms with Crippen molar-refractivity contribution in [1.29, 1.82) is 0 Å². The standard InChI is InChI=1S/C73H112O6/c1-4-7-10-13-16-19-22-25-27-29-31-32-33-34-35-36-37-38-39-40-42-43-45-48-51-54-57-60-63-66-72(75)78-69-70(68-77-71(74)65-62-59-56-53-50-47-24-21-18-15-12-9-6-3)79-73(76)67-64-61-58-55-52-49-46-44-41-30-28-26-23-20-17-14-11-8-5-2/h7-8,10-11,16-17,19-20,25-28,31-32,34-35,37-38,40-42,44-45,48-49,52,54,57-58,61,70H,4-6,9,12-15,18,21-24,29-30,33,36,39,43,46-47,50-51,53,55-56,59-60,62-69H2,1-3H3/b10-7-,11-8-,19-16-,20-17-,27-25-,28-26-,32-31-,35-34-,38-37-,42-40-,44-41-,48-45-,52-49-,57-54-,61-58-. The second kappa shape index (κ2) is 65.0. The lowest BCUT2D eigenvalue weighted by Gasteiger charge is -2.18. The van der Waals surface area contributed by atoms with Crippen molar-refractivity contribution in [3.63, 3.8) is 0 Å². The minimum Gasteiger partial charge on any atom is -0.462 e. The Morgan fingerprint density at radius 1 is 0.266 bits per heavy atom. The minimum absolute atomic E-state index is 0.133. The molecule has 0 radical (unpaired) electrons. The van der Waals surface area contributed by atoms with Gasteiger partial charge in [-0.1, -0.05) is 280 Å². The van der Waals surface area contributed by atoms with Gasteiger partial charge in [0.25, 0.3) is 0 Å². The zero-order valence-corrected chi connectivity index (χ0v) is 50.3. The maximum atomic E-state index is 12.9. The van der Waals surface area contributed by atoms with Gasteiger partial charge in [0, 0.05) is 19.3 Å². The first-order chi connectivity index (χ1) is 39.0. The Morgan fingerprint density at radius 3 is 0.823 bits per heavy atom. The molecule has 0 aliphatic heterocycles. The van der Waals surface area contributed by atoms with E-state index < -0.39 is 12.1 Å². The lowest BCUT2D eigenvalue weighted by atomic mass is 10.0. The molecule has 0 aromatic heterocycles. The van der Waals surface area contributed by atoms with Crippen molar-refractivity contribution < 1.29 is 28.6 Å². The number of rotatable bonds is 54. The first-order valence-electron chi connectivity index (χ1n) is 31.3. The third kappa shape index (κ3) is 63.2. The van der Waals surface area contributed by atoms with Crippen LogP contribution in [-0.2, 0) is 28.6 Å². The van der Waals surface area contributed by atoms with Crippen molar-refractivity contribution in [3.8, 4) is 0 Å². The molecule has 0 heterocycles. The van der Waals surface area contributed by atoms with Crippen LogP contribution in [0.1, 0.15) is 239 Å². The normalized spacial score (nSPS) is 13.4. The highest BCUT2D eigenvalue weighted by atomic mass is 16.6. The fourth-order valence-corrected chi connectivity index (χ4v) is 7.82. The van der Waals surface area contributed by atoms with Gasteiger partial charge in [-0.2, -0.15) is 0 Å². The summed E-state index contributed by atoms with van der Waals surface area (Å²) in [6.45, 7) is 6.29. The van der Waals surface area contributed by atoms with E-state index in [-0.39, 0.29) is 38.0 Å². The van der Waals surface area contributed by atoms with E-state index >= 15 is 0 Å². The highest BCUT2D eigenvalue weighted by Crippen LogP contribution is 2.14. The molecule has 0 aromatic rings. The first kappa shape index (κ1) is 73.5. The molecule has 0 spiro atoms. The molecule has 0 N–H and O–H groups in total. The number of hydrogen-bond acceptors (Lipinski definition) is 6. The molecule has 0 rings (SSSR count). The predicted molar refractivity (Wildman–Crippen MR) is 343 cm³/mol. The third-order valence-electron chi connectivity index (χ3n) is 12.4. The Balaban J connectivity index is 4.56. The van der Waals surface area contributed by atoms with E-state index in [1.807, 2.05) is 12.2 Å². The van der Waals surface area contributed by atoms with Crippen LogP contribution in [0.25, 0.3) is 0 Å². The van der Waals surface area contributed by atoms with Crippen molar-refractivity contribution in [2.24, 2.45) is 0 Å². The number of ether oxygens (including phenoxy) is 3. The van der Waals surface area contributed by atoms with E-state index in [1.54, 1.807) is 0 Å². The molecule has 0 aliphatic rings. The molecule has 1 unspecified atom stereocenters. The first-order valence-corrected chi connectivity index (χ1v) is 31.3. The lowest BCUT2D eigenvalue weighted by molar-refractivity contribution is -0.166. The van der Waals surface area contributed by atoms with Gasteiger partial charge >= 0.3 is 17.9 Å². The van der Waals surface area contributed by atoms with Gasteiger partial charge in [0.2, 0.25) is 0 Å². The van der Waals surface area contributed by atoms with Gasteiger partial charge in [-0.15, -0.1) is 0 Å². The van der Waals surface area contributed by atoms with E-state index in [0.29, 0.717) is 19.3 Å². The molecule has 1 atom stereocenters. The summed E-state index contributed by atoms with van der Waals surface area (Å²) < 4.78 is 16.8. The number of esters is 3. The summed E-state index contributed by atoms with van der Waals surface area (Å²) >= 11 is 0. The lowest BCUT2D eigenvalue weighted by Crippen LogP contribution is -2.30. The Kier molecular flexibility index (Phi) is 60.5. The van der Waals surface area contributed by atoms with Gasteiger partial charge in [0.1, 0.15) is 13.2 Å². The van der Waals surface area contributed by atoms with Gasteiger partial charge < -0.3 is 14.2 Å². The summed E-state index contributed by atoms with van der Waals surface area (Å²) in [4.78, 5) is 38.2. The van der Waals surface area contributed by atoms with Crippen LogP contribution >= 0.6 is 0 Å². The van der Waals surface area contributed by atoms with Crippen LogP contribution in [0.4, 0.5) is 0 Å². The highest BCUT2D eigenvalue weighted by Gasteiger charge is 2.19. The number of carbonyl (C=O) groups excluding carboxylic acids is 3. The topological polar surface area (TPSA) is 78.9 Å². The number of allylic oxidation sites excluding steroid dienone is 30. The Hall–Kier alpha value is -5.49. The van der Waals surface area contributed by atoms with E-state index in [1.165, 1.54) is 64.2 Å². The monoisotopic (exact) mass is 1080 g/mol. The molecule has 79 heavy (non-hydrogen) atoms. The van der Waals surface area contributed by atoms with Crippen LogP contribution in [0.3, 0.4) is 0 Å². The van der Waals surface area contributed by atoms with E-state index in [9.17, 15) is 14.4 Å². The summed E-state index contributed by atoms with van der Waals surface area (Å²) in [7, 11) is 0. The molecule has 0 saturated carbocycles. The van der Waals surface area contributed by atoms with Crippen molar-refractivity contribution in [2.75, 3.05) is 13.2 Å². The van der Waals surface area contributed by atoms with Crippen LogP contribution in [0.2, 0.25) is 0 Å². The molecule has 440 valence electrons. The molecule has 0 aliphatic carbocycles. The van der Waals surface area contributed by atoms with Crippen molar-refractivity contribution in [3.05, 3.63) is 182 Å². The second-order valence-corrected chi connectivity index (χ2v) is 19.9. The number of unbranched alkanes of at least 4 members (excludes halogenated alkanes) is 13. The van der Waals surface area contributed by atoms with E-state index in [2.05, 4.69) is 191 Å². The second-order valence-electron chi connectivity index (χ2n) is 19.9. The largest absolute Gasteiger partial charge is 0.462 e. The summed E-state index contributed by atoms with van der Waals surface area (Å²) in [6, 6.07) is 0. The number of hydrogen-bond donors (Lipinski definition) is 0. The molecular weight excluding hydrogens is 973 g/mol. The highest BCUT2D eigenvalue weighted by molar-refractivity contribution is 5.71. The molecular formula is C73H112O6. The summed E-state index contributed by atoms with van der Waals surface area (Å²) in [5, 5.41) is 0. The van der Waals surface area contributed by atoms with Crippen LogP contribution in [0.5, 0.6) is 0 Å². The molecule has 6 nitrogen and oxygen atoms in total. The zero-order valence-electron chi connectivity index (χ0n) is 50.3. The molecule has 0 saturated heterocycles. The van der Waals surface area contributed by atoms with Gasteiger partial charge in [-0.25, -0.2) is 0 Å². The van der Waals surface area contributed by atoms with E-state index in [4.69, 9.17) is 14.2 Å². The smallest absolute Gasteiger partial charge is 0.306 e. The van der Waals surface area contributed by atoms with Crippen LogP contribution in [0.15, 0.2) is 182 Å².